The maximum Gasteiger partial charge on any atom is 0.255 e. The lowest BCUT2D eigenvalue weighted by Gasteiger charge is -2.13. The average Bonchev–Trinajstić information content (AvgIpc) is 3.28. The van der Waals surface area contributed by atoms with Gasteiger partial charge in [-0.1, -0.05) is 50.2 Å². The number of hydrogen-bond acceptors (Lipinski definition) is 4. The van der Waals surface area contributed by atoms with Gasteiger partial charge in [0.15, 0.2) is 0 Å². The van der Waals surface area contributed by atoms with Gasteiger partial charge in [-0.05, 0) is 60.7 Å². The molecular weight excluding hydrogens is 450 g/mol. The van der Waals surface area contributed by atoms with Gasteiger partial charge in [0.2, 0.25) is 0 Å². The van der Waals surface area contributed by atoms with E-state index in [1.165, 1.54) is 5.56 Å². The van der Waals surface area contributed by atoms with Gasteiger partial charge in [0.1, 0.15) is 23.9 Å². The molecule has 0 radical (unpaired) electrons. The van der Waals surface area contributed by atoms with Crippen LogP contribution < -0.4 is 14.8 Å². The summed E-state index contributed by atoms with van der Waals surface area (Å²) in [6.07, 6.45) is 2.66. The lowest BCUT2D eigenvalue weighted by Crippen LogP contribution is -2.25. The second-order valence-electron chi connectivity index (χ2n) is 8.95. The van der Waals surface area contributed by atoms with Crippen LogP contribution in [0.5, 0.6) is 11.5 Å². The molecule has 4 aromatic rings. The van der Waals surface area contributed by atoms with E-state index >= 15 is 0 Å². The molecule has 6 nitrogen and oxygen atoms in total. The van der Waals surface area contributed by atoms with Gasteiger partial charge in [-0.2, -0.15) is 0 Å². The van der Waals surface area contributed by atoms with Crippen molar-refractivity contribution < 1.29 is 14.3 Å². The van der Waals surface area contributed by atoms with E-state index in [2.05, 4.69) is 54.1 Å². The number of benzene rings is 3. The zero-order valence-electron chi connectivity index (χ0n) is 21.4. The van der Waals surface area contributed by atoms with Crippen molar-refractivity contribution in [3.05, 3.63) is 89.7 Å². The Hall–Kier alpha value is -3.80. The number of hydrogen-bond donors (Lipinski definition) is 1. The first-order chi connectivity index (χ1) is 17.6. The molecule has 1 heterocycles. The van der Waals surface area contributed by atoms with Crippen molar-refractivity contribution in [2.24, 2.45) is 0 Å². The number of aromatic nitrogens is 2. The Morgan fingerprint density at radius 2 is 1.78 bits per heavy atom. The number of amides is 1. The van der Waals surface area contributed by atoms with E-state index in [0.717, 1.165) is 41.9 Å². The SMILES string of the molecule is CCC(C)c1ccc(OCCn2c(CCCNC(=O)c3ccccc3OC)nc3ccccc32)cc1. The molecule has 0 bridgehead atoms. The Labute approximate surface area is 213 Å². The second-order valence-corrected chi connectivity index (χ2v) is 8.95. The molecule has 0 spiro atoms. The summed E-state index contributed by atoms with van der Waals surface area (Å²) in [5, 5.41) is 3.00. The molecule has 0 aliphatic carbocycles. The molecule has 6 heteroatoms. The molecule has 4 rings (SSSR count). The Balaban J connectivity index is 1.35. The number of para-hydroxylation sites is 3. The van der Waals surface area contributed by atoms with E-state index < -0.39 is 0 Å². The highest BCUT2D eigenvalue weighted by molar-refractivity contribution is 5.96. The largest absolute Gasteiger partial charge is 0.496 e. The third kappa shape index (κ3) is 6.06. The van der Waals surface area contributed by atoms with Gasteiger partial charge in [-0.3, -0.25) is 4.79 Å². The number of carbonyl (C=O) groups excluding carboxylic acids is 1. The van der Waals surface area contributed by atoms with Crippen LogP contribution in [0.1, 0.15) is 54.4 Å². The van der Waals surface area contributed by atoms with Crippen molar-refractivity contribution in [3.8, 4) is 11.5 Å². The quantitative estimate of drug-likeness (QED) is 0.250. The first kappa shape index (κ1) is 25.3. The number of nitrogens with zero attached hydrogens (tertiary/aromatic N) is 2. The molecule has 3 aromatic carbocycles. The molecule has 0 aliphatic heterocycles. The smallest absolute Gasteiger partial charge is 0.255 e. The number of imidazole rings is 1. The van der Waals surface area contributed by atoms with Crippen molar-refractivity contribution in [3.63, 3.8) is 0 Å². The summed E-state index contributed by atoms with van der Waals surface area (Å²) < 4.78 is 13.6. The standard InChI is InChI=1S/C30H35N3O3/c1-4-22(2)23-15-17-24(18-16-23)36-21-20-33-27-12-7-6-11-26(27)32-29(33)14-9-19-31-30(34)25-10-5-8-13-28(25)35-3/h5-8,10-13,15-18,22H,4,9,14,19-21H2,1-3H3,(H,31,34). The topological polar surface area (TPSA) is 65.4 Å². The van der Waals surface area contributed by atoms with E-state index in [-0.39, 0.29) is 5.91 Å². The van der Waals surface area contributed by atoms with E-state index in [1.54, 1.807) is 19.2 Å². The van der Waals surface area contributed by atoms with Gasteiger partial charge >= 0.3 is 0 Å². The third-order valence-electron chi connectivity index (χ3n) is 6.59. The van der Waals surface area contributed by atoms with Crippen LogP contribution in [0.25, 0.3) is 11.0 Å². The Kier molecular flexibility index (Phi) is 8.61. The average molecular weight is 486 g/mol. The number of nitrogens with one attached hydrogen (secondary N) is 1. The van der Waals surface area contributed by atoms with E-state index in [9.17, 15) is 4.79 Å². The fraction of sp³-hybridized carbons (Fsp3) is 0.333. The molecule has 0 saturated carbocycles. The number of methoxy groups -OCH3 is 1. The molecule has 36 heavy (non-hydrogen) atoms. The van der Waals surface area contributed by atoms with Crippen LogP contribution in [0, 0.1) is 0 Å². The Morgan fingerprint density at radius 3 is 2.56 bits per heavy atom. The molecule has 1 amide bonds. The highest BCUT2D eigenvalue weighted by atomic mass is 16.5. The summed E-state index contributed by atoms with van der Waals surface area (Å²) in [4.78, 5) is 17.4. The van der Waals surface area contributed by atoms with Crippen molar-refractivity contribution in [2.75, 3.05) is 20.3 Å². The lowest BCUT2D eigenvalue weighted by atomic mass is 9.99. The lowest BCUT2D eigenvalue weighted by molar-refractivity contribution is 0.0950. The van der Waals surface area contributed by atoms with Gasteiger partial charge in [0.05, 0.1) is 30.3 Å². The minimum atomic E-state index is -0.131. The summed E-state index contributed by atoms with van der Waals surface area (Å²) in [7, 11) is 1.57. The second kappa shape index (κ2) is 12.2. The molecule has 1 unspecified atom stereocenters. The molecule has 1 aromatic heterocycles. The van der Waals surface area contributed by atoms with Crippen LogP contribution in [0.2, 0.25) is 0 Å². The Morgan fingerprint density at radius 1 is 1.03 bits per heavy atom. The highest BCUT2D eigenvalue weighted by Crippen LogP contribution is 2.22. The van der Waals surface area contributed by atoms with Crippen LogP contribution in [-0.2, 0) is 13.0 Å². The first-order valence-electron chi connectivity index (χ1n) is 12.7. The van der Waals surface area contributed by atoms with Crippen molar-refractivity contribution >= 4 is 16.9 Å². The maximum absolute atomic E-state index is 12.6. The molecule has 0 aliphatic rings. The number of ether oxygens (including phenoxy) is 2. The zero-order chi connectivity index (χ0) is 25.3. The van der Waals surface area contributed by atoms with Crippen LogP contribution in [0.4, 0.5) is 0 Å². The van der Waals surface area contributed by atoms with Gasteiger partial charge in [-0.15, -0.1) is 0 Å². The monoisotopic (exact) mass is 485 g/mol. The van der Waals surface area contributed by atoms with Crippen molar-refractivity contribution in [2.45, 2.75) is 45.6 Å². The predicted molar refractivity (Wildman–Crippen MR) is 144 cm³/mol. The third-order valence-corrected chi connectivity index (χ3v) is 6.59. The van der Waals surface area contributed by atoms with E-state index in [0.29, 0.717) is 36.9 Å². The molecule has 1 atom stereocenters. The van der Waals surface area contributed by atoms with Crippen LogP contribution in [0.3, 0.4) is 0 Å². The van der Waals surface area contributed by atoms with E-state index in [4.69, 9.17) is 14.5 Å². The molecule has 188 valence electrons. The summed E-state index contributed by atoms with van der Waals surface area (Å²) in [6.45, 7) is 6.26. The van der Waals surface area contributed by atoms with Gasteiger partial charge in [-0.25, -0.2) is 4.98 Å². The van der Waals surface area contributed by atoms with Crippen LogP contribution >= 0.6 is 0 Å². The number of carbonyl (C=O) groups is 1. The number of rotatable bonds is 12. The minimum absolute atomic E-state index is 0.131. The minimum Gasteiger partial charge on any atom is -0.496 e. The Bertz CT molecular complexity index is 1280. The summed E-state index contributed by atoms with van der Waals surface area (Å²) >= 11 is 0. The molecule has 0 saturated heterocycles. The van der Waals surface area contributed by atoms with Crippen molar-refractivity contribution in [1.82, 2.24) is 14.9 Å². The fourth-order valence-electron chi connectivity index (χ4n) is 4.32. The predicted octanol–water partition coefficient (Wildman–Crippen LogP) is 6.00. The van der Waals surface area contributed by atoms with Crippen molar-refractivity contribution in [1.29, 1.82) is 0 Å². The summed E-state index contributed by atoms with van der Waals surface area (Å²) in [5.74, 6) is 2.88. The fourth-order valence-corrected chi connectivity index (χ4v) is 4.32. The molecular formula is C30H35N3O3. The zero-order valence-corrected chi connectivity index (χ0v) is 21.4. The summed E-state index contributed by atoms with van der Waals surface area (Å²) in [6, 6.07) is 23.8. The molecule has 0 fully saturated rings. The number of fused-ring (bicyclic) bond motifs is 1. The summed E-state index contributed by atoms with van der Waals surface area (Å²) in [5.41, 5.74) is 3.96. The number of aryl methyl sites for hydroxylation is 1. The highest BCUT2D eigenvalue weighted by Gasteiger charge is 2.13. The maximum atomic E-state index is 12.6. The van der Waals surface area contributed by atoms with E-state index in [1.807, 2.05) is 30.3 Å². The molecule has 1 N–H and O–H groups in total. The van der Waals surface area contributed by atoms with Gasteiger partial charge in [0.25, 0.3) is 5.91 Å². The normalized spacial score (nSPS) is 11.9. The van der Waals surface area contributed by atoms with Crippen LogP contribution in [-0.4, -0.2) is 35.7 Å². The van der Waals surface area contributed by atoms with Gasteiger partial charge in [0, 0.05) is 13.0 Å². The first-order valence-corrected chi connectivity index (χ1v) is 12.7. The van der Waals surface area contributed by atoms with Gasteiger partial charge < -0.3 is 19.4 Å². The van der Waals surface area contributed by atoms with Crippen LogP contribution in [0.15, 0.2) is 72.8 Å².